The van der Waals surface area contributed by atoms with Gasteiger partial charge >= 0.3 is 5.97 Å². The predicted molar refractivity (Wildman–Crippen MR) is 132 cm³/mol. The van der Waals surface area contributed by atoms with Gasteiger partial charge in [-0.2, -0.15) is 0 Å². The molecule has 184 valence electrons. The molecule has 0 amide bonds. The Bertz CT molecular complexity index is 1260. The topological polar surface area (TPSA) is 81.5 Å². The minimum Gasteiger partial charge on any atom is -0.459 e. The molecule has 0 fully saturated rings. The van der Waals surface area contributed by atoms with E-state index in [0.717, 1.165) is 17.8 Å². The zero-order valence-electron chi connectivity index (χ0n) is 20.3. The first-order chi connectivity index (χ1) is 15.9. The molecule has 7 nitrogen and oxygen atoms in total. The smallest absolute Gasteiger partial charge is 0.326 e. The number of imidazole rings is 1. The summed E-state index contributed by atoms with van der Waals surface area (Å²) in [5.74, 6) is -0.0850. The van der Waals surface area contributed by atoms with Crippen molar-refractivity contribution in [3.63, 3.8) is 0 Å². The number of hydrogen-bond acceptors (Lipinski definition) is 5. The van der Waals surface area contributed by atoms with Gasteiger partial charge in [0.2, 0.25) is 10.0 Å². The second kappa shape index (κ2) is 10.1. The molecular formula is C25H32FN3O4S. The van der Waals surface area contributed by atoms with Gasteiger partial charge in [0, 0.05) is 6.42 Å². The summed E-state index contributed by atoms with van der Waals surface area (Å²) in [7, 11) is -3.61. The Morgan fingerprint density at radius 2 is 1.79 bits per heavy atom. The molecule has 3 rings (SSSR count). The maximum atomic E-state index is 13.3. The van der Waals surface area contributed by atoms with E-state index in [4.69, 9.17) is 9.72 Å². The zero-order valence-corrected chi connectivity index (χ0v) is 21.2. The van der Waals surface area contributed by atoms with Crippen molar-refractivity contribution in [3.05, 3.63) is 59.7 Å². The Labute approximate surface area is 200 Å². The minimum atomic E-state index is -3.61. The van der Waals surface area contributed by atoms with E-state index >= 15 is 0 Å². The predicted octanol–water partition coefficient (Wildman–Crippen LogP) is 4.83. The van der Waals surface area contributed by atoms with Crippen LogP contribution in [0.25, 0.3) is 11.0 Å². The van der Waals surface area contributed by atoms with Crippen molar-refractivity contribution in [2.75, 3.05) is 10.1 Å². The Kier molecular flexibility index (Phi) is 7.65. The number of hydrogen-bond donors (Lipinski definition) is 0. The van der Waals surface area contributed by atoms with Crippen LogP contribution in [0.15, 0.2) is 42.5 Å². The highest BCUT2D eigenvalue weighted by Gasteiger charge is 2.24. The summed E-state index contributed by atoms with van der Waals surface area (Å²) < 4.78 is 47.8. The van der Waals surface area contributed by atoms with E-state index in [2.05, 4.69) is 0 Å². The summed E-state index contributed by atoms with van der Waals surface area (Å²) in [4.78, 5) is 17.2. The van der Waals surface area contributed by atoms with E-state index < -0.39 is 15.6 Å². The molecule has 0 radical (unpaired) electrons. The highest BCUT2D eigenvalue weighted by atomic mass is 32.2. The number of aromatic nitrogens is 2. The fraction of sp³-hybridized carbons (Fsp3) is 0.440. The fourth-order valence-corrected chi connectivity index (χ4v) is 4.77. The Balaban J connectivity index is 2.03. The maximum absolute atomic E-state index is 13.3. The number of anilines is 1. The van der Waals surface area contributed by atoms with Crippen LogP contribution in [0.3, 0.4) is 0 Å². The van der Waals surface area contributed by atoms with Crippen molar-refractivity contribution < 1.29 is 22.3 Å². The normalized spacial score (nSPS) is 12.2. The van der Waals surface area contributed by atoms with Crippen LogP contribution >= 0.6 is 0 Å². The van der Waals surface area contributed by atoms with Gasteiger partial charge in [-0.3, -0.25) is 9.10 Å². The highest BCUT2D eigenvalue weighted by Crippen LogP contribution is 2.27. The standard InChI is InChI=1S/C25H32FN3O4S/c1-6-8-23-27-21-15-20(13-14-22(21)28(23)17-24(30)33-25(3,4)5)29(34(31,32)7-2)16-18-9-11-19(26)12-10-18/h9-15H,6-8,16-17H2,1-5H3. The van der Waals surface area contributed by atoms with E-state index in [1.807, 2.05) is 32.3 Å². The molecule has 34 heavy (non-hydrogen) atoms. The van der Waals surface area contributed by atoms with Gasteiger partial charge in [-0.15, -0.1) is 0 Å². The quantitative estimate of drug-likeness (QED) is 0.402. The van der Waals surface area contributed by atoms with E-state index in [9.17, 15) is 17.6 Å². The number of halogens is 1. The molecule has 0 spiro atoms. The third-order valence-electron chi connectivity index (χ3n) is 5.22. The van der Waals surface area contributed by atoms with Crippen LogP contribution in [0.5, 0.6) is 0 Å². The van der Waals surface area contributed by atoms with Crippen LogP contribution in [0.4, 0.5) is 10.1 Å². The molecule has 0 aliphatic heterocycles. The van der Waals surface area contributed by atoms with Crippen LogP contribution in [-0.2, 0) is 39.1 Å². The number of benzene rings is 2. The largest absolute Gasteiger partial charge is 0.459 e. The van der Waals surface area contributed by atoms with E-state index in [-0.39, 0.29) is 30.6 Å². The average Bonchev–Trinajstić information content (AvgIpc) is 3.08. The summed E-state index contributed by atoms with van der Waals surface area (Å²) in [5.41, 5.74) is 1.86. The molecule has 1 aromatic heterocycles. The Morgan fingerprint density at radius 1 is 1.12 bits per heavy atom. The molecule has 0 saturated heterocycles. The molecule has 0 aliphatic carbocycles. The molecule has 0 atom stereocenters. The second-order valence-electron chi connectivity index (χ2n) is 9.16. The van der Waals surface area contributed by atoms with Crippen molar-refractivity contribution in [1.29, 1.82) is 0 Å². The maximum Gasteiger partial charge on any atom is 0.326 e. The molecule has 0 unspecified atom stereocenters. The highest BCUT2D eigenvalue weighted by molar-refractivity contribution is 7.92. The number of aryl methyl sites for hydroxylation is 1. The molecule has 0 bridgehead atoms. The molecule has 9 heteroatoms. The molecule has 1 heterocycles. The second-order valence-corrected chi connectivity index (χ2v) is 11.3. The van der Waals surface area contributed by atoms with Crippen molar-refractivity contribution in [2.24, 2.45) is 0 Å². The zero-order chi connectivity index (χ0) is 25.1. The van der Waals surface area contributed by atoms with Crippen LogP contribution < -0.4 is 4.31 Å². The van der Waals surface area contributed by atoms with E-state index in [1.165, 1.54) is 16.4 Å². The molecule has 2 aromatic carbocycles. The Hall–Kier alpha value is -2.94. The number of carbonyl (C=O) groups excluding carboxylic acids is 1. The minimum absolute atomic E-state index is 0.0228. The summed E-state index contributed by atoms with van der Waals surface area (Å²) in [6, 6.07) is 11.0. The first kappa shape index (κ1) is 25.7. The summed E-state index contributed by atoms with van der Waals surface area (Å²) in [6.45, 7) is 9.17. The lowest BCUT2D eigenvalue weighted by atomic mass is 10.2. The van der Waals surface area contributed by atoms with Gasteiger partial charge in [0.15, 0.2) is 0 Å². The Morgan fingerprint density at radius 3 is 2.38 bits per heavy atom. The van der Waals surface area contributed by atoms with Crippen LogP contribution in [0, 0.1) is 5.82 Å². The number of sulfonamides is 1. The van der Waals surface area contributed by atoms with Crippen LogP contribution in [0.2, 0.25) is 0 Å². The lowest BCUT2D eigenvalue weighted by Gasteiger charge is -2.24. The van der Waals surface area contributed by atoms with Crippen molar-refractivity contribution in [2.45, 2.75) is 66.2 Å². The summed E-state index contributed by atoms with van der Waals surface area (Å²) >= 11 is 0. The average molecular weight is 490 g/mol. The number of nitrogens with zero attached hydrogens (tertiary/aromatic N) is 3. The van der Waals surface area contributed by atoms with E-state index in [0.29, 0.717) is 23.2 Å². The number of rotatable bonds is 9. The number of fused-ring (bicyclic) bond motifs is 1. The molecule has 0 saturated carbocycles. The van der Waals surface area contributed by atoms with Gasteiger partial charge < -0.3 is 9.30 Å². The van der Waals surface area contributed by atoms with Crippen LogP contribution in [-0.4, -0.2) is 35.3 Å². The molecule has 3 aromatic rings. The molecular weight excluding hydrogens is 457 g/mol. The molecule has 0 aliphatic rings. The van der Waals surface area contributed by atoms with Crippen molar-refractivity contribution >= 4 is 32.7 Å². The number of carbonyl (C=O) groups is 1. The number of ether oxygens (including phenoxy) is 1. The third-order valence-corrected chi connectivity index (χ3v) is 6.96. The number of esters is 1. The van der Waals surface area contributed by atoms with Crippen LogP contribution in [0.1, 0.15) is 52.4 Å². The lowest BCUT2D eigenvalue weighted by molar-refractivity contribution is -0.155. The van der Waals surface area contributed by atoms with Gasteiger partial charge in [0.25, 0.3) is 0 Å². The van der Waals surface area contributed by atoms with E-state index in [1.54, 1.807) is 37.3 Å². The van der Waals surface area contributed by atoms with Gasteiger partial charge in [-0.25, -0.2) is 17.8 Å². The van der Waals surface area contributed by atoms with Crippen molar-refractivity contribution in [1.82, 2.24) is 9.55 Å². The molecule has 0 N–H and O–H groups in total. The van der Waals surface area contributed by atoms with Gasteiger partial charge in [-0.1, -0.05) is 19.1 Å². The summed E-state index contributed by atoms with van der Waals surface area (Å²) in [6.07, 6.45) is 1.50. The summed E-state index contributed by atoms with van der Waals surface area (Å²) in [5, 5.41) is 0. The van der Waals surface area contributed by atoms with Gasteiger partial charge in [0.05, 0.1) is 29.0 Å². The first-order valence-electron chi connectivity index (χ1n) is 11.4. The van der Waals surface area contributed by atoms with Gasteiger partial charge in [-0.05, 0) is 70.0 Å². The fourth-order valence-electron chi connectivity index (χ4n) is 3.68. The first-order valence-corrected chi connectivity index (χ1v) is 13.0. The monoisotopic (exact) mass is 489 g/mol. The third kappa shape index (κ3) is 6.14. The SMILES string of the molecule is CCCc1nc2cc(N(Cc3ccc(F)cc3)S(=O)(=O)CC)ccc2n1CC(=O)OC(C)(C)C. The lowest BCUT2D eigenvalue weighted by Crippen LogP contribution is -2.31. The van der Waals surface area contributed by atoms with Gasteiger partial charge in [0.1, 0.15) is 23.8 Å². The van der Waals surface area contributed by atoms with Crippen molar-refractivity contribution in [3.8, 4) is 0 Å².